The van der Waals surface area contributed by atoms with E-state index in [4.69, 9.17) is 11.6 Å². The molecule has 19 heavy (non-hydrogen) atoms. The maximum absolute atomic E-state index is 11.6. The Kier molecular flexibility index (Phi) is 4.30. The first-order chi connectivity index (χ1) is 9.20. The van der Waals surface area contributed by atoms with Crippen molar-refractivity contribution in [2.45, 2.75) is 6.42 Å². The first kappa shape index (κ1) is 13.3. The van der Waals surface area contributed by atoms with Crippen molar-refractivity contribution < 1.29 is 9.59 Å². The minimum Gasteiger partial charge on any atom is -0.307 e. The third-order valence-corrected chi connectivity index (χ3v) is 2.69. The summed E-state index contributed by atoms with van der Waals surface area (Å²) >= 11 is 5.42. The normalized spacial score (nSPS) is 10.2. The number of urea groups is 1. The molecule has 0 saturated heterocycles. The van der Waals surface area contributed by atoms with Crippen molar-refractivity contribution in [1.82, 2.24) is 10.3 Å². The van der Waals surface area contributed by atoms with Crippen molar-refractivity contribution in [1.29, 1.82) is 0 Å². The van der Waals surface area contributed by atoms with Crippen LogP contribution in [0.1, 0.15) is 6.42 Å². The number of amides is 3. The summed E-state index contributed by atoms with van der Waals surface area (Å²) in [7, 11) is 0. The molecule has 6 heteroatoms. The smallest absolute Gasteiger partial charge is 0.307 e. The second-order valence-corrected chi connectivity index (χ2v) is 4.22. The van der Waals surface area contributed by atoms with Crippen LogP contribution in [-0.2, 0) is 4.79 Å². The number of fused-ring (bicyclic) bond motifs is 1. The minimum atomic E-state index is -0.570. The Morgan fingerprint density at radius 2 is 2.11 bits per heavy atom. The molecule has 0 radical (unpaired) electrons. The van der Waals surface area contributed by atoms with Crippen LogP contribution in [0.5, 0.6) is 0 Å². The van der Waals surface area contributed by atoms with Gasteiger partial charge in [-0.25, -0.2) is 4.79 Å². The van der Waals surface area contributed by atoms with Gasteiger partial charge in [0, 0.05) is 35.5 Å². The third kappa shape index (κ3) is 3.42. The van der Waals surface area contributed by atoms with Gasteiger partial charge in [-0.2, -0.15) is 0 Å². The summed E-state index contributed by atoms with van der Waals surface area (Å²) < 4.78 is 0. The molecule has 0 aliphatic carbocycles. The summed E-state index contributed by atoms with van der Waals surface area (Å²) in [6.07, 6.45) is 3.45. The molecule has 1 aromatic heterocycles. The van der Waals surface area contributed by atoms with Crippen LogP contribution in [0, 0.1) is 0 Å². The number of halogens is 1. The van der Waals surface area contributed by atoms with Crippen LogP contribution in [0.2, 0.25) is 0 Å². The number of imide groups is 1. The summed E-state index contributed by atoms with van der Waals surface area (Å²) in [5.74, 6) is -0.228. The molecule has 1 aromatic carbocycles. The summed E-state index contributed by atoms with van der Waals surface area (Å²) in [5.41, 5.74) is 0.621. The second kappa shape index (κ2) is 6.15. The zero-order valence-electron chi connectivity index (χ0n) is 10.0. The number of nitrogens with zero attached hydrogens (tertiary/aromatic N) is 1. The number of benzene rings is 1. The van der Waals surface area contributed by atoms with E-state index >= 15 is 0 Å². The topological polar surface area (TPSA) is 71.1 Å². The maximum Gasteiger partial charge on any atom is 0.325 e. The Bertz CT molecular complexity index is 610. The number of aromatic nitrogens is 1. The average Bonchev–Trinajstić information content (AvgIpc) is 2.39. The summed E-state index contributed by atoms with van der Waals surface area (Å²) in [6, 6.07) is 6.68. The van der Waals surface area contributed by atoms with Crippen molar-refractivity contribution >= 4 is 40.0 Å². The van der Waals surface area contributed by atoms with Gasteiger partial charge in [-0.05, 0) is 12.1 Å². The number of alkyl halides is 1. The van der Waals surface area contributed by atoms with E-state index in [2.05, 4.69) is 15.6 Å². The van der Waals surface area contributed by atoms with Gasteiger partial charge >= 0.3 is 6.03 Å². The number of carbonyl (C=O) groups excluding carboxylic acids is 2. The molecule has 0 spiro atoms. The van der Waals surface area contributed by atoms with Crippen LogP contribution < -0.4 is 10.6 Å². The highest BCUT2D eigenvalue weighted by Gasteiger charge is 2.08. The molecular weight excluding hydrogens is 266 g/mol. The number of pyridine rings is 1. The first-order valence-corrected chi connectivity index (χ1v) is 6.23. The number of rotatable bonds is 3. The van der Waals surface area contributed by atoms with Crippen LogP contribution in [0.15, 0.2) is 36.7 Å². The SMILES string of the molecule is O=C(CCCl)NC(=O)Nc1cccc2cnccc12. The summed E-state index contributed by atoms with van der Waals surface area (Å²) in [5, 5.41) is 6.61. The second-order valence-electron chi connectivity index (χ2n) is 3.84. The highest BCUT2D eigenvalue weighted by molar-refractivity contribution is 6.19. The number of hydrogen-bond acceptors (Lipinski definition) is 3. The quantitative estimate of drug-likeness (QED) is 0.847. The molecule has 0 aliphatic heterocycles. The van der Waals surface area contributed by atoms with Gasteiger partial charge in [-0.3, -0.25) is 15.1 Å². The fourth-order valence-corrected chi connectivity index (χ4v) is 1.83. The minimum absolute atomic E-state index is 0.106. The summed E-state index contributed by atoms with van der Waals surface area (Å²) in [4.78, 5) is 26.9. The van der Waals surface area contributed by atoms with Crippen molar-refractivity contribution in [3.05, 3.63) is 36.7 Å². The lowest BCUT2D eigenvalue weighted by atomic mass is 10.1. The zero-order chi connectivity index (χ0) is 13.7. The van der Waals surface area contributed by atoms with Crippen molar-refractivity contribution in [3.63, 3.8) is 0 Å². The molecule has 3 amide bonds. The molecule has 0 fully saturated rings. The van der Waals surface area contributed by atoms with E-state index in [0.717, 1.165) is 10.8 Å². The van der Waals surface area contributed by atoms with Gasteiger partial charge in [0.15, 0.2) is 0 Å². The molecule has 0 saturated carbocycles. The van der Waals surface area contributed by atoms with E-state index in [1.807, 2.05) is 6.07 Å². The molecule has 2 aromatic rings. The number of anilines is 1. The first-order valence-electron chi connectivity index (χ1n) is 5.70. The average molecular weight is 278 g/mol. The molecular formula is C13H12ClN3O2. The fraction of sp³-hybridized carbons (Fsp3) is 0.154. The van der Waals surface area contributed by atoms with Gasteiger partial charge in [-0.1, -0.05) is 12.1 Å². The largest absolute Gasteiger partial charge is 0.325 e. The molecule has 2 rings (SSSR count). The fourth-order valence-electron chi connectivity index (χ4n) is 1.66. The molecule has 5 nitrogen and oxygen atoms in total. The third-order valence-electron chi connectivity index (χ3n) is 2.50. The Balaban J connectivity index is 2.13. The van der Waals surface area contributed by atoms with Crippen molar-refractivity contribution in [2.24, 2.45) is 0 Å². The predicted octanol–water partition coefficient (Wildman–Crippen LogP) is 2.51. The number of carbonyl (C=O) groups is 2. The van der Waals surface area contributed by atoms with Gasteiger partial charge in [0.25, 0.3) is 0 Å². The maximum atomic E-state index is 11.6. The van der Waals surface area contributed by atoms with E-state index in [-0.39, 0.29) is 12.3 Å². The van der Waals surface area contributed by atoms with Gasteiger partial charge in [0.05, 0.1) is 5.69 Å². The molecule has 0 atom stereocenters. The molecule has 0 unspecified atom stereocenters. The van der Waals surface area contributed by atoms with Crippen LogP contribution in [0.3, 0.4) is 0 Å². The van der Waals surface area contributed by atoms with Crippen LogP contribution >= 0.6 is 11.6 Å². The van der Waals surface area contributed by atoms with Crippen LogP contribution in [0.25, 0.3) is 10.8 Å². The predicted molar refractivity (Wildman–Crippen MR) is 74.2 cm³/mol. The van der Waals surface area contributed by atoms with Crippen molar-refractivity contribution in [2.75, 3.05) is 11.2 Å². The molecule has 98 valence electrons. The van der Waals surface area contributed by atoms with Crippen LogP contribution in [0.4, 0.5) is 10.5 Å². The number of nitrogens with one attached hydrogen (secondary N) is 2. The Hall–Kier alpha value is -2.14. The highest BCUT2D eigenvalue weighted by Crippen LogP contribution is 2.21. The van der Waals surface area contributed by atoms with E-state index in [9.17, 15) is 9.59 Å². The Morgan fingerprint density at radius 3 is 2.89 bits per heavy atom. The zero-order valence-corrected chi connectivity index (χ0v) is 10.8. The van der Waals surface area contributed by atoms with Gasteiger partial charge in [0.2, 0.25) is 5.91 Å². The number of hydrogen-bond donors (Lipinski definition) is 2. The van der Waals surface area contributed by atoms with Gasteiger partial charge in [0.1, 0.15) is 0 Å². The van der Waals surface area contributed by atoms with E-state index in [1.54, 1.807) is 30.6 Å². The molecule has 0 bridgehead atoms. The van der Waals surface area contributed by atoms with E-state index in [0.29, 0.717) is 5.69 Å². The lowest BCUT2D eigenvalue weighted by Gasteiger charge is -2.08. The van der Waals surface area contributed by atoms with E-state index < -0.39 is 11.9 Å². The molecule has 0 aliphatic rings. The lowest BCUT2D eigenvalue weighted by molar-refractivity contribution is -0.119. The standard InChI is InChI=1S/C13H12ClN3O2/c14-6-4-12(18)17-13(19)16-11-3-1-2-9-8-15-7-5-10(9)11/h1-3,5,7-8H,4,6H2,(H2,16,17,18,19). The van der Waals surface area contributed by atoms with E-state index in [1.165, 1.54) is 0 Å². The lowest BCUT2D eigenvalue weighted by Crippen LogP contribution is -2.34. The molecule has 2 N–H and O–H groups in total. The Labute approximate surface area is 115 Å². The van der Waals surface area contributed by atoms with Gasteiger partial charge in [-0.15, -0.1) is 11.6 Å². The Morgan fingerprint density at radius 1 is 1.26 bits per heavy atom. The van der Waals surface area contributed by atoms with Crippen LogP contribution in [-0.4, -0.2) is 22.8 Å². The van der Waals surface area contributed by atoms with Crippen molar-refractivity contribution in [3.8, 4) is 0 Å². The summed E-state index contributed by atoms with van der Waals surface area (Å²) in [6.45, 7) is 0. The monoisotopic (exact) mass is 277 g/mol. The molecule has 1 heterocycles. The van der Waals surface area contributed by atoms with Gasteiger partial charge < -0.3 is 5.32 Å². The highest BCUT2D eigenvalue weighted by atomic mass is 35.5.